The van der Waals surface area contributed by atoms with Crippen molar-refractivity contribution >= 4 is 16.7 Å². The van der Waals surface area contributed by atoms with Gasteiger partial charge in [-0.05, 0) is 30.3 Å². The van der Waals surface area contributed by atoms with Crippen LogP contribution in [0, 0.1) is 0 Å². The van der Waals surface area contributed by atoms with Crippen molar-refractivity contribution in [3.05, 3.63) is 65.9 Å². The van der Waals surface area contributed by atoms with Gasteiger partial charge in [0.25, 0.3) is 0 Å². The van der Waals surface area contributed by atoms with Crippen LogP contribution in [0.4, 0.5) is 0 Å². The number of ether oxygens (including phenoxy) is 1. The number of H-pyrrole nitrogens is 1. The van der Waals surface area contributed by atoms with Crippen molar-refractivity contribution in [1.82, 2.24) is 4.98 Å². The average Bonchev–Trinajstić information content (AvgIpc) is 2.97. The molecule has 0 aliphatic rings. The van der Waals surface area contributed by atoms with Gasteiger partial charge in [-0.25, -0.2) is 0 Å². The monoisotopic (exact) mass is 281 g/mol. The van der Waals surface area contributed by atoms with Crippen LogP contribution in [-0.2, 0) is 0 Å². The molecule has 2 N–H and O–H groups in total. The lowest BCUT2D eigenvalue weighted by Gasteiger charge is -2.05. The summed E-state index contributed by atoms with van der Waals surface area (Å²) in [6, 6.07) is 14.7. The minimum Gasteiger partial charge on any atom is -0.491 e. The second-order valence-electron chi connectivity index (χ2n) is 4.67. The van der Waals surface area contributed by atoms with Crippen molar-refractivity contribution in [2.75, 3.05) is 13.2 Å². The Morgan fingerprint density at radius 3 is 2.62 bits per heavy atom. The van der Waals surface area contributed by atoms with E-state index in [4.69, 9.17) is 9.84 Å². The van der Waals surface area contributed by atoms with Crippen molar-refractivity contribution in [3.63, 3.8) is 0 Å². The van der Waals surface area contributed by atoms with E-state index in [1.54, 1.807) is 30.5 Å². The Kier molecular flexibility index (Phi) is 3.71. The molecular weight excluding hydrogens is 266 g/mol. The predicted molar refractivity (Wildman–Crippen MR) is 80.8 cm³/mol. The number of aliphatic hydroxyl groups is 1. The number of hydrogen-bond acceptors (Lipinski definition) is 3. The quantitative estimate of drug-likeness (QED) is 0.707. The lowest BCUT2D eigenvalue weighted by Crippen LogP contribution is -2.03. The smallest absolute Gasteiger partial charge is 0.195 e. The van der Waals surface area contributed by atoms with E-state index in [1.165, 1.54) is 0 Å². The normalized spacial score (nSPS) is 10.7. The Hall–Kier alpha value is -2.59. The molecule has 0 saturated heterocycles. The highest BCUT2D eigenvalue weighted by Crippen LogP contribution is 2.22. The fourth-order valence-electron chi connectivity index (χ4n) is 2.28. The summed E-state index contributed by atoms with van der Waals surface area (Å²) in [6.45, 7) is 0.214. The zero-order valence-electron chi connectivity index (χ0n) is 11.4. The molecule has 3 aromatic rings. The third-order valence-electron chi connectivity index (χ3n) is 3.31. The van der Waals surface area contributed by atoms with Crippen molar-refractivity contribution in [3.8, 4) is 5.75 Å². The molecule has 0 unspecified atom stereocenters. The molecule has 0 aliphatic heterocycles. The highest BCUT2D eigenvalue weighted by Gasteiger charge is 2.13. The summed E-state index contributed by atoms with van der Waals surface area (Å²) < 4.78 is 5.28. The van der Waals surface area contributed by atoms with E-state index < -0.39 is 0 Å². The number of ketones is 1. The number of nitrogens with one attached hydrogen (secondary N) is 1. The first-order chi connectivity index (χ1) is 10.3. The van der Waals surface area contributed by atoms with Gasteiger partial charge in [-0.1, -0.05) is 18.2 Å². The van der Waals surface area contributed by atoms with Crippen molar-refractivity contribution in [1.29, 1.82) is 0 Å². The average molecular weight is 281 g/mol. The molecule has 0 bridgehead atoms. The number of hydrogen-bond donors (Lipinski definition) is 2. The van der Waals surface area contributed by atoms with Crippen molar-refractivity contribution < 1.29 is 14.6 Å². The molecule has 0 spiro atoms. The third-order valence-corrected chi connectivity index (χ3v) is 3.31. The van der Waals surface area contributed by atoms with E-state index in [0.29, 0.717) is 16.9 Å². The number of benzene rings is 2. The predicted octanol–water partition coefficient (Wildman–Crippen LogP) is 2.77. The number of aliphatic hydroxyl groups excluding tert-OH is 1. The summed E-state index contributed by atoms with van der Waals surface area (Å²) >= 11 is 0. The van der Waals surface area contributed by atoms with Crippen LogP contribution in [0.25, 0.3) is 10.9 Å². The molecule has 2 aromatic carbocycles. The van der Waals surface area contributed by atoms with Crippen LogP contribution in [0.2, 0.25) is 0 Å². The number of para-hydroxylation sites is 1. The van der Waals surface area contributed by atoms with Gasteiger partial charge in [0, 0.05) is 28.2 Å². The number of aromatic amines is 1. The lowest BCUT2D eigenvalue weighted by atomic mass is 10.0. The summed E-state index contributed by atoms with van der Waals surface area (Å²) in [5.74, 6) is 0.612. The largest absolute Gasteiger partial charge is 0.491 e. The van der Waals surface area contributed by atoms with Crippen LogP contribution in [0.3, 0.4) is 0 Å². The first kappa shape index (κ1) is 13.4. The standard InChI is InChI=1S/C17H15NO3/c19-9-10-21-13-7-5-12(6-8-13)17(20)15-11-18-16-4-2-1-3-14(15)16/h1-8,11,18-19H,9-10H2. The maximum Gasteiger partial charge on any atom is 0.195 e. The molecule has 0 radical (unpaired) electrons. The molecule has 0 fully saturated rings. The number of carbonyl (C=O) groups excluding carboxylic acids is 1. The van der Waals surface area contributed by atoms with E-state index in [0.717, 1.165) is 10.9 Å². The SMILES string of the molecule is O=C(c1ccc(OCCO)cc1)c1c[nH]c2ccccc12. The zero-order chi connectivity index (χ0) is 14.7. The van der Waals surface area contributed by atoms with Gasteiger partial charge in [-0.2, -0.15) is 0 Å². The lowest BCUT2D eigenvalue weighted by molar-refractivity contribution is 0.104. The highest BCUT2D eigenvalue weighted by molar-refractivity contribution is 6.16. The van der Waals surface area contributed by atoms with Crippen LogP contribution in [0.5, 0.6) is 5.75 Å². The fourth-order valence-corrected chi connectivity index (χ4v) is 2.28. The second kappa shape index (κ2) is 5.81. The molecular formula is C17H15NO3. The van der Waals surface area contributed by atoms with Crippen molar-refractivity contribution in [2.24, 2.45) is 0 Å². The Bertz CT molecular complexity index is 759. The molecule has 0 atom stereocenters. The molecule has 4 nitrogen and oxygen atoms in total. The number of carbonyl (C=O) groups is 1. The van der Waals surface area contributed by atoms with Gasteiger partial charge < -0.3 is 14.8 Å². The minimum atomic E-state index is -0.0317. The number of fused-ring (bicyclic) bond motifs is 1. The van der Waals surface area contributed by atoms with Gasteiger partial charge in [0.05, 0.1) is 6.61 Å². The summed E-state index contributed by atoms with van der Waals surface area (Å²) in [7, 11) is 0. The van der Waals surface area contributed by atoms with Gasteiger partial charge in [-0.15, -0.1) is 0 Å². The van der Waals surface area contributed by atoms with Gasteiger partial charge in [0.15, 0.2) is 5.78 Å². The van der Waals surface area contributed by atoms with Crippen LogP contribution < -0.4 is 4.74 Å². The van der Waals surface area contributed by atoms with Gasteiger partial charge >= 0.3 is 0 Å². The van der Waals surface area contributed by atoms with E-state index >= 15 is 0 Å². The topological polar surface area (TPSA) is 62.3 Å². The van der Waals surface area contributed by atoms with E-state index in [9.17, 15) is 4.79 Å². The summed E-state index contributed by atoms with van der Waals surface area (Å²) in [5, 5.41) is 9.63. The third kappa shape index (κ3) is 2.66. The van der Waals surface area contributed by atoms with Crippen molar-refractivity contribution in [2.45, 2.75) is 0 Å². The summed E-state index contributed by atoms with van der Waals surface area (Å²) in [6.07, 6.45) is 1.74. The molecule has 0 amide bonds. The molecule has 106 valence electrons. The highest BCUT2D eigenvalue weighted by atomic mass is 16.5. The first-order valence-electron chi connectivity index (χ1n) is 6.74. The number of rotatable bonds is 5. The second-order valence-corrected chi connectivity index (χ2v) is 4.67. The molecule has 4 heteroatoms. The maximum absolute atomic E-state index is 12.5. The van der Waals surface area contributed by atoms with E-state index in [2.05, 4.69) is 4.98 Å². The fraction of sp³-hybridized carbons (Fsp3) is 0.118. The molecule has 3 rings (SSSR count). The Labute approximate surface area is 122 Å². The van der Waals surface area contributed by atoms with Gasteiger partial charge in [-0.3, -0.25) is 4.79 Å². The van der Waals surface area contributed by atoms with Crippen LogP contribution >= 0.6 is 0 Å². The van der Waals surface area contributed by atoms with Crippen LogP contribution in [0.15, 0.2) is 54.7 Å². The van der Waals surface area contributed by atoms with Crippen LogP contribution in [-0.4, -0.2) is 29.1 Å². The van der Waals surface area contributed by atoms with Gasteiger partial charge in [0.1, 0.15) is 12.4 Å². The number of aromatic nitrogens is 1. The summed E-state index contributed by atoms with van der Waals surface area (Å²) in [5.41, 5.74) is 2.22. The molecule has 0 aliphatic carbocycles. The maximum atomic E-state index is 12.5. The molecule has 0 saturated carbocycles. The van der Waals surface area contributed by atoms with Gasteiger partial charge in [0.2, 0.25) is 0 Å². The van der Waals surface area contributed by atoms with E-state index in [1.807, 2.05) is 24.3 Å². The minimum absolute atomic E-state index is 0.0267. The molecule has 1 heterocycles. The summed E-state index contributed by atoms with van der Waals surface area (Å²) in [4.78, 5) is 15.7. The van der Waals surface area contributed by atoms with Crippen LogP contribution in [0.1, 0.15) is 15.9 Å². The Morgan fingerprint density at radius 2 is 1.86 bits per heavy atom. The zero-order valence-corrected chi connectivity index (χ0v) is 11.4. The van der Waals surface area contributed by atoms with E-state index in [-0.39, 0.29) is 19.0 Å². The Morgan fingerprint density at radius 1 is 1.10 bits per heavy atom. The molecule has 1 aromatic heterocycles. The molecule has 21 heavy (non-hydrogen) atoms. The Balaban J connectivity index is 1.88. The first-order valence-corrected chi connectivity index (χ1v) is 6.74.